The van der Waals surface area contributed by atoms with Crippen LogP contribution in [0.5, 0.6) is 5.75 Å². The number of nitrogens with zero attached hydrogens (tertiary/aromatic N) is 2. The number of hydrogen-bond acceptors (Lipinski definition) is 6. The predicted molar refractivity (Wildman–Crippen MR) is 110 cm³/mol. The highest BCUT2D eigenvalue weighted by atomic mass is 16.6. The number of phenols is 1. The van der Waals surface area contributed by atoms with Gasteiger partial charge in [-0.15, -0.1) is 0 Å². The maximum absolute atomic E-state index is 12.9. The molecular weight excluding hydrogens is 388 g/mol. The molecule has 0 heterocycles. The van der Waals surface area contributed by atoms with Crippen LogP contribution in [0.4, 0.5) is 4.79 Å². The zero-order valence-corrected chi connectivity index (χ0v) is 18.3. The maximum atomic E-state index is 12.9. The van der Waals surface area contributed by atoms with Crippen LogP contribution in [0.15, 0.2) is 18.2 Å². The molecule has 0 spiro atoms. The minimum Gasteiger partial charge on any atom is -0.508 e. The minimum atomic E-state index is -1.11. The Kier molecular flexibility index (Phi) is 8.65. The van der Waals surface area contributed by atoms with E-state index in [-0.39, 0.29) is 18.3 Å². The quantitative estimate of drug-likeness (QED) is 0.581. The minimum absolute atomic E-state index is 0.0477. The molecule has 9 nitrogen and oxygen atoms in total. The number of rotatable bonds is 7. The summed E-state index contributed by atoms with van der Waals surface area (Å²) in [6, 6.07) is 5.11. The van der Waals surface area contributed by atoms with E-state index >= 15 is 0 Å². The molecule has 0 radical (unpaired) electrons. The van der Waals surface area contributed by atoms with Crippen molar-refractivity contribution >= 4 is 17.9 Å². The first kappa shape index (κ1) is 24.8. The molecule has 0 saturated heterocycles. The summed E-state index contributed by atoms with van der Waals surface area (Å²) >= 11 is 0. The molecule has 1 aromatic rings. The lowest BCUT2D eigenvalue weighted by molar-refractivity contribution is -0.139. The number of amides is 3. The van der Waals surface area contributed by atoms with Crippen molar-refractivity contribution in [2.45, 2.75) is 59.2 Å². The third-order valence-electron chi connectivity index (χ3n) is 3.87. The number of aryl methyl sites for hydroxylation is 1. The Morgan fingerprint density at radius 1 is 1.27 bits per heavy atom. The summed E-state index contributed by atoms with van der Waals surface area (Å²) in [4.78, 5) is 38.7. The van der Waals surface area contributed by atoms with Gasteiger partial charge in [-0.1, -0.05) is 6.07 Å². The Morgan fingerprint density at radius 2 is 1.90 bits per heavy atom. The number of phenolic OH excluding ortho intramolecular Hbond substituents is 1. The van der Waals surface area contributed by atoms with E-state index in [9.17, 15) is 24.8 Å². The van der Waals surface area contributed by atoms with Crippen molar-refractivity contribution in [2.24, 2.45) is 0 Å². The van der Waals surface area contributed by atoms with Gasteiger partial charge in [0.05, 0.1) is 6.07 Å². The fourth-order valence-electron chi connectivity index (χ4n) is 2.65. The molecule has 9 heteroatoms. The number of alkyl carbamates (subject to hydrolysis) is 1. The second kappa shape index (κ2) is 10.5. The van der Waals surface area contributed by atoms with E-state index in [1.165, 1.54) is 12.1 Å². The van der Waals surface area contributed by atoms with E-state index in [2.05, 4.69) is 10.6 Å². The van der Waals surface area contributed by atoms with Crippen molar-refractivity contribution < 1.29 is 24.2 Å². The molecule has 0 aromatic heterocycles. The van der Waals surface area contributed by atoms with Gasteiger partial charge in [-0.3, -0.25) is 9.59 Å². The number of carbonyl (C=O) groups excluding carboxylic acids is 3. The molecule has 0 aliphatic rings. The molecule has 1 aromatic carbocycles. The Morgan fingerprint density at radius 3 is 2.40 bits per heavy atom. The third-order valence-corrected chi connectivity index (χ3v) is 3.87. The van der Waals surface area contributed by atoms with Gasteiger partial charge in [0.15, 0.2) is 0 Å². The van der Waals surface area contributed by atoms with Gasteiger partial charge in [-0.2, -0.15) is 5.26 Å². The Hall–Kier alpha value is -3.28. The van der Waals surface area contributed by atoms with Crippen molar-refractivity contribution in [2.75, 3.05) is 13.1 Å². The normalized spacial score (nSPS) is 11.9. The van der Waals surface area contributed by atoms with Gasteiger partial charge in [-0.05, 0) is 64.8 Å². The van der Waals surface area contributed by atoms with Crippen LogP contribution in [0.3, 0.4) is 0 Å². The number of benzene rings is 1. The molecule has 30 heavy (non-hydrogen) atoms. The number of nitrogens with one attached hydrogen (secondary N) is 2. The molecule has 0 aliphatic heterocycles. The average molecular weight is 418 g/mol. The third kappa shape index (κ3) is 7.62. The zero-order valence-electron chi connectivity index (χ0n) is 18.3. The number of carbonyl (C=O) groups is 3. The van der Waals surface area contributed by atoms with Crippen molar-refractivity contribution in [3.05, 3.63) is 29.3 Å². The fraction of sp³-hybridized carbons (Fsp3) is 0.524. The highest BCUT2D eigenvalue weighted by Crippen LogP contribution is 2.26. The highest BCUT2D eigenvalue weighted by Gasteiger charge is 2.32. The Balaban J connectivity index is 3.18. The van der Waals surface area contributed by atoms with Gasteiger partial charge in [-0.25, -0.2) is 4.79 Å². The van der Waals surface area contributed by atoms with Crippen LogP contribution < -0.4 is 10.6 Å². The second-order valence-corrected chi connectivity index (χ2v) is 8.15. The Bertz CT molecular complexity index is 824. The summed E-state index contributed by atoms with van der Waals surface area (Å²) in [5, 5.41) is 24.1. The summed E-state index contributed by atoms with van der Waals surface area (Å²) in [5.74, 6) is -1.06. The van der Waals surface area contributed by atoms with Crippen molar-refractivity contribution in [3.8, 4) is 11.8 Å². The first-order valence-corrected chi connectivity index (χ1v) is 9.59. The van der Waals surface area contributed by atoms with E-state index in [0.29, 0.717) is 11.1 Å². The lowest BCUT2D eigenvalue weighted by atomic mass is 10.0. The largest absolute Gasteiger partial charge is 0.508 e. The number of nitriles is 1. The van der Waals surface area contributed by atoms with Crippen LogP contribution in [-0.4, -0.2) is 52.6 Å². The first-order chi connectivity index (χ1) is 13.9. The summed E-state index contributed by atoms with van der Waals surface area (Å²) in [5.41, 5.74) is 0.221. The molecule has 0 bridgehead atoms. The van der Waals surface area contributed by atoms with Crippen LogP contribution in [0, 0.1) is 18.3 Å². The second-order valence-electron chi connectivity index (χ2n) is 8.15. The molecule has 164 valence electrons. The zero-order chi connectivity index (χ0) is 23.1. The predicted octanol–water partition coefficient (Wildman–Crippen LogP) is 2.14. The SMILES string of the molecule is Cc1cc(C(C(=O)NC(C)C)N(CC#N)C(=O)CNC(=O)OC(C)(C)C)ccc1O. The van der Waals surface area contributed by atoms with Gasteiger partial charge < -0.3 is 25.4 Å². The van der Waals surface area contributed by atoms with E-state index in [0.717, 1.165) is 4.90 Å². The molecular formula is C21H30N4O5. The fourth-order valence-corrected chi connectivity index (χ4v) is 2.65. The lowest BCUT2D eigenvalue weighted by Crippen LogP contribution is -2.49. The molecule has 1 rings (SSSR count). The van der Waals surface area contributed by atoms with E-state index in [1.807, 2.05) is 6.07 Å². The summed E-state index contributed by atoms with van der Waals surface area (Å²) in [6.45, 7) is 9.47. The van der Waals surface area contributed by atoms with Crippen molar-refractivity contribution in [1.82, 2.24) is 15.5 Å². The van der Waals surface area contributed by atoms with Gasteiger partial charge in [0, 0.05) is 6.04 Å². The molecule has 1 unspecified atom stereocenters. The number of aromatic hydroxyl groups is 1. The topological polar surface area (TPSA) is 132 Å². The maximum Gasteiger partial charge on any atom is 0.408 e. The molecule has 0 saturated carbocycles. The van der Waals surface area contributed by atoms with Crippen LogP contribution in [-0.2, 0) is 14.3 Å². The first-order valence-electron chi connectivity index (χ1n) is 9.59. The summed E-state index contributed by atoms with van der Waals surface area (Å²) in [6.07, 6.45) is -0.781. The molecule has 0 aliphatic carbocycles. The summed E-state index contributed by atoms with van der Waals surface area (Å²) in [7, 11) is 0. The number of hydrogen-bond donors (Lipinski definition) is 3. The van der Waals surface area contributed by atoms with E-state index < -0.39 is 36.1 Å². The lowest BCUT2D eigenvalue weighted by Gasteiger charge is -2.30. The standard InChI is InChI=1S/C21H30N4O5/c1-13(2)24-19(28)18(15-7-8-16(26)14(3)11-15)25(10-9-22)17(27)12-23-20(29)30-21(4,5)6/h7-8,11,13,18,26H,10,12H2,1-6H3,(H,23,29)(H,24,28). The van der Waals surface area contributed by atoms with Gasteiger partial charge in [0.1, 0.15) is 30.5 Å². The van der Waals surface area contributed by atoms with Crippen LogP contribution >= 0.6 is 0 Å². The van der Waals surface area contributed by atoms with Gasteiger partial charge >= 0.3 is 6.09 Å². The van der Waals surface area contributed by atoms with Crippen molar-refractivity contribution in [1.29, 1.82) is 5.26 Å². The van der Waals surface area contributed by atoms with E-state index in [1.54, 1.807) is 47.6 Å². The average Bonchev–Trinajstić information content (AvgIpc) is 2.60. The van der Waals surface area contributed by atoms with Gasteiger partial charge in [0.25, 0.3) is 0 Å². The highest BCUT2D eigenvalue weighted by molar-refractivity contribution is 5.90. The molecule has 1 atom stereocenters. The number of ether oxygens (including phenoxy) is 1. The Labute approximate surface area is 177 Å². The summed E-state index contributed by atoms with van der Waals surface area (Å²) < 4.78 is 5.11. The van der Waals surface area contributed by atoms with Crippen LogP contribution in [0.25, 0.3) is 0 Å². The molecule has 3 amide bonds. The van der Waals surface area contributed by atoms with E-state index in [4.69, 9.17) is 4.74 Å². The van der Waals surface area contributed by atoms with Gasteiger partial charge in [0.2, 0.25) is 11.8 Å². The molecule has 3 N–H and O–H groups in total. The monoisotopic (exact) mass is 418 g/mol. The van der Waals surface area contributed by atoms with Crippen LogP contribution in [0.1, 0.15) is 51.8 Å². The van der Waals surface area contributed by atoms with Crippen molar-refractivity contribution in [3.63, 3.8) is 0 Å². The van der Waals surface area contributed by atoms with Crippen LogP contribution in [0.2, 0.25) is 0 Å². The smallest absolute Gasteiger partial charge is 0.408 e. The molecule has 0 fully saturated rings.